The Balaban J connectivity index is 3.87. The third-order valence-electron chi connectivity index (χ3n) is 2.05. The van der Waals surface area contributed by atoms with Crippen LogP contribution in [0, 0.1) is 0 Å². The quantitative estimate of drug-likeness (QED) is 0.700. The Morgan fingerprint density at radius 2 is 2.23 bits per heavy atom. The van der Waals surface area contributed by atoms with Gasteiger partial charge in [0, 0.05) is 18.1 Å². The number of carbonyl (C=O) groups excluding carboxylic acids is 1. The number of alkyl halides is 1. The van der Waals surface area contributed by atoms with E-state index in [9.17, 15) is 4.79 Å². The van der Waals surface area contributed by atoms with Crippen molar-refractivity contribution in [3.05, 3.63) is 0 Å². The summed E-state index contributed by atoms with van der Waals surface area (Å²) >= 11 is 7.44. The summed E-state index contributed by atoms with van der Waals surface area (Å²) in [6.07, 6.45) is 3.43. The topological polar surface area (TPSA) is 29.1 Å². The predicted octanol–water partition coefficient (Wildman–Crippen LogP) is 2.26. The third kappa shape index (κ3) is 5.42. The lowest BCUT2D eigenvalue weighted by molar-refractivity contribution is -0.122. The van der Waals surface area contributed by atoms with Crippen molar-refractivity contribution in [2.75, 3.05) is 17.9 Å². The fraction of sp³-hybridized carbons (Fsp3) is 0.889. The summed E-state index contributed by atoms with van der Waals surface area (Å²) in [5.41, 5.74) is -0.239. The van der Waals surface area contributed by atoms with Crippen molar-refractivity contribution in [1.29, 1.82) is 0 Å². The van der Waals surface area contributed by atoms with Crippen molar-refractivity contribution in [1.82, 2.24) is 5.32 Å². The molecule has 0 radical (unpaired) electrons. The molecule has 0 saturated heterocycles. The normalized spacial score (nSPS) is 15.1. The minimum absolute atomic E-state index is 0.0966. The van der Waals surface area contributed by atoms with Gasteiger partial charge in [-0.1, -0.05) is 6.92 Å². The molecule has 4 heteroatoms. The van der Waals surface area contributed by atoms with Crippen LogP contribution in [0.3, 0.4) is 0 Å². The first-order chi connectivity index (χ1) is 6.08. The van der Waals surface area contributed by atoms with Crippen LogP contribution in [0.25, 0.3) is 0 Å². The highest BCUT2D eigenvalue weighted by Crippen LogP contribution is 2.11. The molecule has 0 rings (SSSR count). The van der Waals surface area contributed by atoms with E-state index in [1.165, 1.54) is 0 Å². The van der Waals surface area contributed by atoms with Crippen molar-refractivity contribution in [3.63, 3.8) is 0 Å². The third-order valence-corrected chi connectivity index (χ3v) is 3.25. The molecule has 78 valence electrons. The largest absolute Gasteiger partial charge is 0.350 e. The Labute approximate surface area is 89.8 Å². The Morgan fingerprint density at radius 3 is 2.62 bits per heavy atom. The van der Waals surface area contributed by atoms with E-state index < -0.39 is 0 Å². The second-order valence-corrected chi connectivity index (χ2v) is 4.59. The summed E-state index contributed by atoms with van der Waals surface area (Å²) in [5, 5.41) is 2.94. The van der Waals surface area contributed by atoms with Crippen molar-refractivity contribution in [3.8, 4) is 0 Å². The van der Waals surface area contributed by atoms with Crippen molar-refractivity contribution >= 4 is 29.3 Å². The van der Waals surface area contributed by atoms with E-state index in [-0.39, 0.29) is 11.4 Å². The van der Waals surface area contributed by atoms with Gasteiger partial charge in [0.2, 0.25) is 5.91 Å². The molecule has 0 spiro atoms. The Kier molecular flexibility index (Phi) is 6.60. The van der Waals surface area contributed by atoms with E-state index in [4.69, 9.17) is 11.6 Å². The molecular formula is C9H18ClNOS. The first-order valence-electron chi connectivity index (χ1n) is 4.44. The number of hydrogen-bond acceptors (Lipinski definition) is 2. The summed E-state index contributed by atoms with van der Waals surface area (Å²) in [5.74, 6) is 1.43. The predicted molar refractivity (Wildman–Crippen MR) is 60.6 cm³/mol. The van der Waals surface area contributed by atoms with Crippen LogP contribution >= 0.6 is 23.4 Å². The van der Waals surface area contributed by atoms with E-state index in [0.29, 0.717) is 12.3 Å². The van der Waals surface area contributed by atoms with Crippen molar-refractivity contribution in [2.45, 2.75) is 32.2 Å². The summed E-state index contributed by atoms with van der Waals surface area (Å²) in [4.78, 5) is 11.4. The molecule has 0 aliphatic carbocycles. The van der Waals surface area contributed by atoms with Gasteiger partial charge in [-0.2, -0.15) is 11.8 Å². The Hall–Kier alpha value is 0.110. The zero-order chi connectivity index (χ0) is 10.3. The zero-order valence-electron chi connectivity index (χ0n) is 8.52. The lowest BCUT2D eigenvalue weighted by Gasteiger charge is -2.26. The number of thioether (sulfide) groups is 1. The second kappa shape index (κ2) is 6.55. The van der Waals surface area contributed by atoms with Gasteiger partial charge in [0.15, 0.2) is 0 Å². The van der Waals surface area contributed by atoms with Crippen LogP contribution in [0.2, 0.25) is 0 Å². The number of halogens is 1. The molecule has 0 aliphatic heterocycles. The number of nitrogens with one attached hydrogen (secondary N) is 1. The molecule has 1 amide bonds. The molecule has 13 heavy (non-hydrogen) atoms. The van der Waals surface area contributed by atoms with Crippen LogP contribution in [0.1, 0.15) is 26.7 Å². The standard InChI is InChI=1S/C9H18ClNOS/c1-4-9(2,7-10)11-8(12)5-6-13-3/h4-7H2,1-3H3,(H,11,12). The average molecular weight is 224 g/mol. The number of amides is 1. The van der Waals surface area contributed by atoms with E-state index in [1.807, 2.05) is 20.1 Å². The fourth-order valence-electron chi connectivity index (χ4n) is 0.810. The Morgan fingerprint density at radius 1 is 1.62 bits per heavy atom. The highest BCUT2D eigenvalue weighted by atomic mass is 35.5. The first-order valence-corrected chi connectivity index (χ1v) is 6.36. The average Bonchev–Trinajstić information content (AvgIpc) is 2.14. The maximum atomic E-state index is 11.4. The molecule has 1 atom stereocenters. The highest BCUT2D eigenvalue weighted by molar-refractivity contribution is 7.98. The molecular weight excluding hydrogens is 206 g/mol. The van der Waals surface area contributed by atoms with Gasteiger partial charge in [0.25, 0.3) is 0 Å². The summed E-state index contributed by atoms with van der Waals surface area (Å²) < 4.78 is 0. The molecule has 0 bridgehead atoms. The highest BCUT2D eigenvalue weighted by Gasteiger charge is 2.22. The molecule has 0 fully saturated rings. The lowest BCUT2D eigenvalue weighted by atomic mass is 10.0. The number of rotatable bonds is 6. The second-order valence-electron chi connectivity index (χ2n) is 3.34. The molecule has 0 aromatic rings. The molecule has 0 heterocycles. The van der Waals surface area contributed by atoms with Gasteiger partial charge in [-0.15, -0.1) is 11.6 Å². The minimum atomic E-state index is -0.239. The van der Waals surface area contributed by atoms with E-state index in [2.05, 4.69) is 5.32 Å². The maximum absolute atomic E-state index is 11.4. The summed E-state index contributed by atoms with van der Waals surface area (Å²) in [6, 6.07) is 0. The number of carbonyl (C=O) groups is 1. The monoisotopic (exact) mass is 223 g/mol. The van der Waals surface area contributed by atoms with Crippen molar-refractivity contribution < 1.29 is 4.79 Å². The van der Waals surface area contributed by atoms with Gasteiger partial charge in [-0.3, -0.25) is 4.79 Å². The van der Waals surface area contributed by atoms with Crippen LogP contribution in [-0.4, -0.2) is 29.3 Å². The molecule has 0 aliphatic rings. The van der Waals surface area contributed by atoms with Gasteiger partial charge >= 0.3 is 0 Å². The lowest BCUT2D eigenvalue weighted by Crippen LogP contribution is -2.47. The van der Waals surface area contributed by atoms with Gasteiger partial charge in [-0.25, -0.2) is 0 Å². The van der Waals surface area contributed by atoms with Crippen LogP contribution in [-0.2, 0) is 4.79 Å². The van der Waals surface area contributed by atoms with E-state index in [1.54, 1.807) is 11.8 Å². The van der Waals surface area contributed by atoms with Gasteiger partial charge in [-0.05, 0) is 19.6 Å². The number of hydrogen-bond donors (Lipinski definition) is 1. The minimum Gasteiger partial charge on any atom is -0.350 e. The van der Waals surface area contributed by atoms with Gasteiger partial charge < -0.3 is 5.32 Å². The van der Waals surface area contributed by atoms with Gasteiger partial charge in [0.1, 0.15) is 0 Å². The van der Waals surface area contributed by atoms with Gasteiger partial charge in [0.05, 0.1) is 5.54 Å². The zero-order valence-corrected chi connectivity index (χ0v) is 10.1. The van der Waals surface area contributed by atoms with E-state index in [0.717, 1.165) is 12.2 Å². The summed E-state index contributed by atoms with van der Waals surface area (Å²) in [6.45, 7) is 3.99. The van der Waals surface area contributed by atoms with Crippen LogP contribution in [0.5, 0.6) is 0 Å². The Bertz CT molecular complexity index is 160. The molecule has 1 unspecified atom stereocenters. The van der Waals surface area contributed by atoms with Crippen LogP contribution in [0.15, 0.2) is 0 Å². The molecule has 2 nitrogen and oxygen atoms in total. The first kappa shape index (κ1) is 13.1. The van der Waals surface area contributed by atoms with Crippen molar-refractivity contribution in [2.24, 2.45) is 0 Å². The van der Waals surface area contributed by atoms with Crippen LogP contribution in [0.4, 0.5) is 0 Å². The summed E-state index contributed by atoms with van der Waals surface area (Å²) in [7, 11) is 0. The smallest absolute Gasteiger partial charge is 0.221 e. The molecule has 0 saturated carbocycles. The SMILES string of the molecule is CCC(C)(CCl)NC(=O)CCSC. The van der Waals surface area contributed by atoms with Crippen LogP contribution < -0.4 is 5.32 Å². The molecule has 0 aromatic carbocycles. The molecule has 0 aromatic heterocycles. The molecule has 1 N–H and O–H groups in total. The van der Waals surface area contributed by atoms with E-state index >= 15 is 0 Å². The maximum Gasteiger partial charge on any atom is 0.221 e. The fourth-order valence-corrected chi connectivity index (χ4v) is 1.46.